The second-order valence-electron chi connectivity index (χ2n) is 7.98. The smallest absolute Gasteiger partial charge is 0.433 e. The second kappa shape index (κ2) is 11.1. The summed E-state index contributed by atoms with van der Waals surface area (Å²) in [5.41, 5.74) is 12.7. The van der Waals surface area contributed by atoms with Gasteiger partial charge in [0.1, 0.15) is 29.1 Å². The number of ether oxygens (including phenoxy) is 1. The first-order valence-electron chi connectivity index (χ1n) is 11.1. The molecule has 38 heavy (non-hydrogen) atoms. The zero-order valence-electron chi connectivity index (χ0n) is 19.6. The third kappa shape index (κ3) is 6.72. The number of rotatable bonds is 8. The highest BCUT2D eigenvalue weighted by Crippen LogP contribution is 2.31. The van der Waals surface area contributed by atoms with Crippen molar-refractivity contribution in [1.29, 1.82) is 0 Å². The van der Waals surface area contributed by atoms with E-state index in [1.807, 2.05) is 0 Å². The zero-order valence-corrected chi connectivity index (χ0v) is 19.6. The lowest BCUT2D eigenvalue weighted by atomic mass is 10.1. The number of anilines is 4. The fourth-order valence-corrected chi connectivity index (χ4v) is 3.24. The van der Waals surface area contributed by atoms with Crippen LogP contribution in [0.5, 0.6) is 11.5 Å². The van der Waals surface area contributed by atoms with E-state index in [1.165, 1.54) is 6.07 Å². The second-order valence-corrected chi connectivity index (χ2v) is 7.98. The van der Waals surface area contributed by atoms with Crippen molar-refractivity contribution in [1.82, 2.24) is 15.0 Å². The molecule has 4 aromatic rings. The summed E-state index contributed by atoms with van der Waals surface area (Å²) in [5, 5.41) is 14.7. The maximum atomic E-state index is 12.9. The van der Waals surface area contributed by atoms with Gasteiger partial charge in [-0.05, 0) is 42.5 Å². The van der Waals surface area contributed by atoms with E-state index < -0.39 is 30.4 Å². The summed E-state index contributed by atoms with van der Waals surface area (Å²) in [7, 11) is 0. The summed E-state index contributed by atoms with van der Waals surface area (Å²) in [6, 6.07) is 16.0. The molecule has 0 bridgehead atoms. The van der Waals surface area contributed by atoms with E-state index in [2.05, 4.69) is 25.6 Å². The van der Waals surface area contributed by atoms with Gasteiger partial charge in [0.05, 0.1) is 12.3 Å². The molecule has 1 amide bonds. The average Bonchev–Trinajstić information content (AvgIpc) is 2.89. The molecule has 196 valence electrons. The number of halogens is 3. The fraction of sp³-hybridized carbons (Fsp3) is 0.120. The van der Waals surface area contributed by atoms with Crippen molar-refractivity contribution in [3.63, 3.8) is 0 Å². The molecule has 0 saturated heterocycles. The number of benzene rings is 2. The number of hydrogen-bond acceptors (Lipinski definition) is 9. The van der Waals surface area contributed by atoms with Gasteiger partial charge in [0.2, 0.25) is 11.9 Å². The van der Waals surface area contributed by atoms with Gasteiger partial charge in [0, 0.05) is 35.3 Å². The van der Waals surface area contributed by atoms with Gasteiger partial charge >= 0.3 is 6.18 Å². The van der Waals surface area contributed by atoms with Crippen LogP contribution in [0.25, 0.3) is 11.3 Å². The number of pyridine rings is 1. The molecule has 0 spiro atoms. The molecule has 13 heteroatoms. The lowest BCUT2D eigenvalue weighted by Crippen LogP contribution is -2.38. The number of aliphatic hydroxyl groups excluding tert-OH is 1. The van der Waals surface area contributed by atoms with Crippen LogP contribution in [0, 0.1) is 0 Å². The lowest BCUT2D eigenvalue weighted by molar-refractivity contribution is -0.141. The Kier molecular flexibility index (Phi) is 7.69. The Morgan fingerprint density at radius 1 is 0.974 bits per heavy atom. The number of nitrogens with two attached hydrogens (primary N) is 2. The first-order valence-corrected chi connectivity index (χ1v) is 11.1. The molecule has 1 atom stereocenters. The summed E-state index contributed by atoms with van der Waals surface area (Å²) in [6.45, 7) is -0.469. The van der Waals surface area contributed by atoms with Gasteiger partial charge < -0.3 is 31.9 Å². The molecule has 2 aromatic heterocycles. The Balaban J connectivity index is 1.44. The Morgan fingerprint density at radius 2 is 1.66 bits per heavy atom. The molecule has 0 fully saturated rings. The van der Waals surface area contributed by atoms with Crippen LogP contribution >= 0.6 is 0 Å². The maximum absolute atomic E-state index is 12.9. The first-order chi connectivity index (χ1) is 18.1. The minimum absolute atomic E-state index is 0.00285. The van der Waals surface area contributed by atoms with Crippen molar-refractivity contribution in [3.05, 3.63) is 78.6 Å². The van der Waals surface area contributed by atoms with Crippen LogP contribution in [0.4, 0.5) is 36.3 Å². The standard InChI is InChI=1S/C25H22F3N7O3/c26-25(27,28)21-11-18(9-10-31-21)38-17-7-5-15(6-8-17)32-22-12-20(34-24(30)35-22)14-1-3-16(4-2-14)33-23(37)19(29)13-36/h1-12,19,36H,13,29H2,(H,33,37)(H3,30,32,34,35)/t19-/m0/s1. The highest BCUT2D eigenvalue weighted by molar-refractivity contribution is 5.95. The zero-order chi connectivity index (χ0) is 27.3. The number of alkyl halides is 3. The Morgan fingerprint density at radius 3 is 2.32 bits per heavy atom. The molecular weight excluding hydrogens is 503 g/mol. The summed E-state index contributed by atoms with van der Waals surface area (Å²) >= 11 is 0. The summed E-state index contributed by atoms with van der Waals surface area (Å²) < 4.78 is 44.1. The number of aromatic nitrogens is 3. The van der Waals surface area contributed by atoms with Crippen LogP contribution in [-0.2, 0) is 11.0 Å². The van der Waals surface area contributed by atoms with Gasteiger partial charge in [-0.15, -0.1) is 0 Å². The molecule has 0 radical (unpaired) electrons. The SMILES string of the molecule is Nc1nc(Nc2ccc(Oc3ccnc(C(F)(F)F)c3)cc2)cc(-c2ccc(NC(=O)[C@@H](N)CO)cc2)n1. The van der Waals surface area contributed by atoms with Gasteiger partial charge in [-0.2, -0.15) is 18.2 Å². The van der Waals surface area contributed by atoms with Gasteiger partial charge in [0.15, 0.2) is 0 Å². The van der Waals surface area contributed by atoms with Crippen molar-refractivity contribution in [2.45, 2.75) is 12.2 Å². The average molecular weight is 525 g/mol. The third-order valence-electron chi connectivity index (χ3n) is 5.11. The van der Waals surface area contributed by atoms with Crippen LogP contribution in [0.2, 0.25) is 0 Å². The van der Waals surface area contributed by atoms with E-state index in [-0.39, 0.29) is 11.7 Å². The third-order valence-corrected chi connectivity index (χ3v) is 5.11. The van der Waals surface area contributed by atoms with Crippen molar-refractivity contribution in [2.24, 2.45) is 5.73 Å². The number of aliphatic hydroxyl groups is 1. The molecule has 2 aromatic carbocycles. The van der Waals surface area contributed by atoms with Crippen molar-refractivity contribution < 1.29 is 27.8 Å². The van der Waals surface area contributed by atoms with Crippen LogP contribution < -0.4 is 26.8 Å². The number of nitrogens with zero attached hydrogens (tertiary/aromatic N) is 3. The largest absolute Gasteiger partial charge is 0.457 e. The van der Waals surface area contributed by atoms with E-state index in [0.29, 0.717) is 34.2 Å². The van der Waals surface area contributed by atoms with Gasteiger partial charge in [0.25, 0.3) is 0 Å². The number of hydrogen-bond donors (Lipinski definition) is 5. The van der Waals surface area contributed by atoms with Gasteiger partial charge in [-0.3, -0.25) is 9.78 Å². The fourth-order valence-electron chi connectivity index (χ4n) is 3.24. The van der Waals surface area contributed by atoms with E-state index >= 15 is 0 Å². The summed E-state index contributed by atoms with van der Waals surface area (Å²) in [6.07, 6.45) is -3.54. The molecule has 0 aliphatic heterocycles. The minimum Gasteiger partial charge on any atom is -0.457 e. The van der Waals surface area contributed by atoms with Gasteiger partial charge in [-0.25, -0.2) is 4.98 Å². The predicted octanol–water partition coefficient (Wildman–Crippen LogP) is 3.93. The number of nitrogen functional groups attached to an aromatic ring is 1. The molecule has 0 saturated carbocycles. The molecular formula is C25H22F3N7O3. The quantitative estimate of drug-likeness (QED) is 0.229. The van der Waals surface area contributed by atoms with Crippen molar-refractivity contribution in [2.75, 3.05) is 23.0 Å². The molecule has 2 heterocycles. The van der Waals surface area contributed by atoms with Crippen LogP contribution in [0.3, 0.4) is 0 Å². The lowest BCUT2D eigenvalue weighted by Gasteiger charge is -2.12. The van der Waals surface area contributed by atoms with Crippen molar-refractivity contribution in [3.8, 4) is 22.8 Å². The Bertz CT molecular complexity index is 1420. The highest BCUT2D eigenvalue weighted by Gasteiger charge is 2.32. The molecule has 4 rings (SSSR count). The minimum atomic E-state index is -4.57. The number of amides is 1. The Labute approximate surface area is 214 Å². The number of carbonyl (C=O) groups excluding carboxylic acids is 1. The monoisotopic (exact) mass is 525 g/mol. The summed E-state index contributed by atoms with van der Waals surface area (Å²) in [5.74, 6) is 0.236. The molecule has 0 aliphatic carbocycles. The van der Waals surface area contributed by atoms with Crippen LogP contribution in [-0.4, -0.2) is 38.6 Å². The van der Waals surface area contributed by atoms with Crippen LogP contribution in [0.15, 0.2) is 72.9 Å². The molecule has 0 aliphatic rings. The topological polar surface area (TPSA) is 161 Å². The van der Waals surface area contributed by atoms with E-state index in [0.717, 1.165) is 12.3 Å². The van der Waals surface area contributed by atoms with Gasteiger partial charge in [-0.1, -0.05) is 12.1 Å². The Hall–Kier alpha value is -4.75. The highest BCUT2D eigenvalue weighted by atomic mass is 19.4. The predicted molar refractivity (Wildman–Crippen MR) is 135 cm³/mol. The molecule has 0 unspecified atom stereocenters. The van der Waals surface area contributed by atoms with Crippen molar-refractivity contribution >= 4 is 29.0 Å². The molecule has 7 N–H and O–H groups in total. The summed E-state index contributed by atoms with van der Waals surface area (Å²) in [4.78, 5) is 23.6. The normalized spacial score (nSPS) is 12.0. The van der Waals surface area contributed by atoms with Crippen LogP contribution in [0.1, 0.15) is 5.69 Å². The first kappa shape index (κ1) is 26.3. The molecule has 10 nitrogen and oxygen atoms in total. The van der Waals surface area contributed by atoms with E-state index in [1.54, 1.807) is 54.6 Å². The number of carbonyl (C=O) groups is 1. The van der Waals surface area contributed by atoms with E-state index in [9.17, 15) is 18.0 Å². The maximum Gasteiger partial charge on any atom is 0.433 e. The number of nitrogens with one attached hydrogen (secondary N) is 2. The van der Waals surface area contributed by atoms with E-state index in [4.69, 9.17) is 21.3 Å².